The van der Waals surface area contributed by atoms with Crippen LogP contribution in [0, 0.1) is 23.3 Å². The largest absolute Gasteiger partial charge is 0.294 e. The van der Waals surface area contributed by atoms with E-state index in [1.807, 2.05) is 0 Å². The van der Waals surface area contributed by atoms with Crippen molar-refractivity contribution in [3.8, 4) is 0 Å². The first-order valence-corrected chi connectivity index (χ1v) is 5.88. The molecule has 0 aromatic heterocycles. The Bertz CT molecular complexity index is 662. The van der Waals surface area contributed by atoms with E-state index in [4.69, 9.17) is 11.6 Å². The van der Waals surface area contributed by atoms with Crippen molar-refractivity contribution in [2.75, 3.05) is 0 Å². The van der Waals surface area contributed by atoms with E-state index in [1.165, 1.54) is 12.1 Å². The fourth-order valence-corrected chi connectivity index (χ4v) is 1.95. The zero-order valence-corrected chi connectivity index (χ0v) is 10.6. The molecule has 2 rings (SSSR count). The van der Waals surface area contributed by atoms with Crippen molar-refractivity contribution in [3.63, 3.8) is 0 Å². The molecule has 2 aromatic rings. The van der Waals surface area contributed by atoms with Crippen molar-refractivity contribution < 1.29 is 22.4 Å². The van der Waals surface area contributed by atoms with Gasteiger partial charge in [-0.05, 0) is 11.6 Å². The lowest BCUT2D eigenvalue weighted by Gasteiger charge is -2.06. The second-order valence-electron chi connectivity index (χ2n) is 4.06. The van der Waals surface area contributed by atoms with Crippen molar-refractivity contribution in [2.45, 2.75) is 6.42 Å². The zero-order valence-electron chi connectivity index (χ0n) is 9.89. The summed E-state index contributed by atoms with van der Waals surface area (Å²) in [5, 5.41) is -0.288. The summed E-state index contributed by atoms with van der Waals surface area (Å²) in [6.07, 6.45) is -0.490. The van der Waals surface area contributed by atoms with Crippen LogP contribution in [0.25, 0.3) is 0 Å². The van der Waals surface area contributed by atoms with E-state index in [1.54, 1.807) is 0 Å². The molecule has 104 valence electrons. The van der Waals surface area contributed by atoms with Gasteiger partial charge in [0.2, 0.25) is 0 Å². The third-order valence-corrected chi connectivity index (χ3v) is 3.09. The molecule has 0 radical (unpaired) electrons. The summed E-state index contributed by atoms with van der Waals surface area (Å²) in [6, 6.07) is 4.59. The van der Waals surface area contributed by atoms with Crippen molar-refractivity contribution >= 4 is 17.4 Å². The highest BCUT2D eigenvalue weighted by molar-refractivity contribution is 6.31. The third-order valence-electron chi connectivity index (χ3n) is 2.67. The number of carbonyl (C=O) groups is 1. The maximum Gasteiger partial charge on any atom is 0.173 e. The zero-order chi connectivity index (χ0) is 14.9. The number of ketones is 1. The lowest BCUT2D eigenvalue weighted by Crippen LogP contribution is -2.10. The molecule has 0 saturated carbocycles. The van der Waals surface area contributed by atoms with Gasteiger partial charge in [-0.3, -0.25) is 4.79 Å². The number of Topliss-reactive ketones (excluding diaryl/α,β-unsaturated/α-hetero) is 1. The monoisotopic (exact) mass is 302 g/mol. The summed E-state index contributed by atoms with van der Waals surface area (Å²) in [6.45, 7) is 0. The Balaban J connectivity index is 2.36. The molecule has 0 spiro atoms. The quantitative estimate of drug-likeness (QED) is 0.609. The van der Waals surface area contributed by atoms with Crippen molar-refractivity contribution in [3.05, 3.63) is 69.8 Å². The molecule has 0 aliphatic heterocycles. The van der Waals surface area contributed by atoms with Crippen LogP contribution in [0.3, 0.4) is 0 Å². The number of hydrogen-bond acceptors (Lipinski definition) is 1. The lowest BCUT2D eigenvalue weighted by molar-refractivity contribution is 0.0984. The number of hydrogen-bond donors (Lipinski definition) is 0. The number of rotatable bonds is 3. The van der Waals surface area contributed by atoms with Gasteiger partial charge < -0.3 is 0 Å². The van der Waals surface area contributed by atoms with Crippen molar-refractivity contribution in [2.24, 2.45) is 0 Å². The molecule has 0 N–H and O–H groups in total. The first kappa shape index (κ1) is 14.5. The average Bonchev–Trinajstić information content (AvgIpc) is 2.33. The molecular weight excluding hydrogens is 296 g/mol. The van der Waals surface area contributed by atoms with Gasteiger partial charge in [-0.15, -0.1) is 0 Å². The summed E-state index contributed by atoms with van der Waals surface area (Å²) in [4.78, 5) is 11.8. The Morgan fingerprint density at radius 2 is 1.60 bits per heavy atom. The van der Waals surface area contributed by atoms with Gasteiger partial charge in [0.25, 0.3) is 0 Å². The molecule has 0 saturated heterocycles. The number of halogens is 5. The Labute approximate surface area is 116 Å². The topological polar surface area (TPSA) is 17.1 Å². The van der Waals surface area contributed by atoms with E-state index in [2.05, 4.69) is 0 Å². The molecule has 0 unspecified atom stereocenters. The smallest absolute Gasteiger partial charge is 0.173 e. The Kier molecular flexibility index (Phi) is 4.09. The highest BCUT2D eigenvalue weighted by Gasteiger charge is 2.20. The fourth-order valence-electron chi connectivity index (χ4n) is 1.75. The van der Waals surface area contributed by atoms with Gasteiger partial charge in [-0.1, -0.05) is 23.7 Å². The minimum Gasteiger partial charge on any atom is -0.294 e. The van der Waals surface area contributed by atoms with Crippen LogP contribution in [0.15, 0.2) is 30.3 Å². The normalized spacial score (nSPS) is 10.7. The van der Waals surface area contributed by atoms with E-state index in [9.17, 15) is 22.4 Å². The van der Waals surface area contributed by atoms with Crippen LogP contribution in [-0.4, -0.2) is 5.78 Å². The minimum absolute atomic E-state index is 0.0970. The van der Waals surface area contributed by atoms with Gasteiger partial charge in [0.1, 0.15) is 23.3 Å². The number of carbonyl (C=O) groups excluding carboxylic acids is 1. The molecule has 0 aliphatic rings. The summed E-state index contributed by atoms with van der Waals surface area (Å²) >= 11 is 5.65. The first-order valence-electron chi connectivity index (χ1n) is 5.50. The minimum atomic E-state index is -1.31. The maximum absolute atomic E-state index is 13.4. The maximum atomic E-state index is 13.4. The van der Waals surface area contributed by atoms with Crippen LogP contribution in [0.4, 0.5) is 17.6 Å². The van der Waals surface area contributed by atoms with Gasteiger partial charge in [-0.25, -0.2) is 17.6 Å². The van der Waals surface area contributed by atoms with E-state index in [0.717, 1.165) is 6.07 Å². The van der Waals surface area contributed by atoms with Crippen LogP contribution in [0.5, 0.6) is 0 Å². The van der Waals surface area contributed by atoms with Crippen LogP contribution in [0.1, 0.15) is 15.9 Å². The van der Waals surface area contributed by atoms with Gasteiger partial charge in [-0.2, -0.15) is 0 Å². The summed E-state index contributed by atoms with van der Waals surface area (Å²) in [5.41, 5.74) is -0.772. The predicted octanol–water partition coefficient (Wildman–Crippen LogP) is 4.32. The molecule has 1 nitrogen and oxygen atoms in total. The summed E-state index contributed by atoms with van der Waals surface area (Å²) in [5.74, 6) is -5.43. The van der Waals surface area contributed by atoms with Gasteiger partial charge >= 0.3 is 0 Å². The first-order chi connectivity index (χ1) is 9.40. The van der Waals surface area contributed by atoms with E-state index >= 15 is 0 Å². The lowest BCUT2D eigenvalue weighted by atomic mass is 10.0. The highest BCUT2D eigenvalue weighted by atomic mass is 35.5. The van der Waals surface area contributed by atoms with Crippen LogP contribution >= 0.6 is 11.6 Å². The summed E-state index contributed by atoms with van der Waals surface area (Å²) in [7, 11) is 0. The molecule has 6 heteroatoms. The fraction of sp³-hybridized carbons (Fsp3) is 0.0714. The van der Waals surface area contributed by atoms with Gasteiger partial charge in [0.15, 0.2) is 5.78 Å². The predicted molar refractivity (Wildman–Crippen MR) is 65.8 cm³/mol. The summed E-state index contributed by atoms with van der Waals surface area (Å²) < 4.78 is 52.8. The number of benzene rings is 2. The van der Waals surface area contributed by atoms with Gasteiger partial charge in [0.05, 0.1) is 10.6 Å². The van der Waals surface area contributed by atoms with E-state index < -0.39 is 41.0 Å². The van der Waals surface area contributed by atoms with Crippen LogP contribution in [0.2, 0.25) is 5.02 Å². The van der Waals surface area contributed by atoms with Gasteiger partial charge in [0, 0.05) is 18.6 Å². The van der Waals surface area contributed by atoms with Crippen LogP contribution in [-0.2, 0) is 6.42 Å². The molecule has 0 bridgehead atoms. The molecule has 0 heterocycles. The van der Waals surface area contributed by atoms with Crippen LogP contribution < -0.4 is 0 Å². The second-order valence-corrected chi connectivity index (χ2v) is 4.44. The Morgan fingerprint density at radius 1 is 1.00 bits per heavy atom. The molecule has 0 aliphatic carbocycles. The Morgan fingerprint density at radius 3 is 2.20 bits per heavy atom. The molecule has 2 aromatic carbocycles. The standard InChI is InChI=1S/C14H7ClF4O/c15-14-7(2-1-3-9(14)17)4-12(20)13-10(18)5-8(16)6-11(13)19/h1-3,5-6H,4H2. The molecular formula is C14H7ClF4O. The molecule has 20 heavy (non-hydrogen) atoms. The second kappa shape index (κ2) is 5.63. The van der Waals surface area contributed by atoms with E-state index in [0.29, 0.717) is 12.1 Å². The Hall–Kier alpha value is -1.88. The third kappa shape index (κ3) is 2.82. The average molecular weight is 303 g/mol. The molecule has 0 amide bonds. The van der Waals surface area contributed by atoms with E-state index in [-0.39, 0.29) is 10.6 Å². The SMILES string of the molecule is O=C(Cc1cccc(F)c1Cl)c1c(F)cc(F)cc1F. The highest BCUT2D eigenvalue weighted by Crippen LogP contribution is 2.23. The molecule has 0 atom stereocenters. The van der Waals surface area contributed by atoms with Crippen molar-refractivity contribution in [1.29, 1.82) is 0 Å². The van der Waals surface area contributed by atoms with Crippen molar-refractivity contribution in [1.82, 2.24) is 0 Å². The molecule has 0 fully saturated rings.